The summed E-state index contributed by atoms with van der Waals surface area (Å²) < 4.78 is 5.11. The zero-order valence-electron chi connectivity index (χ0n) is 10.1. The number of piperazine rings is 1. The fourth-order valence-corrected chi connectivity index (χ4v) is 2.93. The van der Waals surface area contributed by atoms with Gasteiger partial charge < -0.3 is 15.8 Å². The minimum atomic E-state index is -0.315. The Morgan fingerprint density at radius 1 is 1.39 bits per heavy atom. The third kappa shape index (κ3) is 1.82. The highest BCUT2D eigenvalue weighted by Crippen LogP contribution is 2.27. The lowest BCUT2D eigenvalue weighted by Gasteiger charge is -2.52. The van der Waals surface area contributed by atoms with Gasteiger partial charge in [-0.3, -0.25) is 15.0 Å². The highest BCUT2D eigenvalue weighted by atomic mass is 16.5. The van der Waals surface area contributed by atoms with Crippen molar-refractivity contribution in [1.29, 1.82) is 0 Å². The standard InChI is InChI=1S/C12H18N4O2/c13-10(17)9-1-5-16-6-4-14-12(11(16)15-9)2-7-18-8-3-12/h2-3,7-9,11,14-15H,1,4-6H2,(H2,13,17). The van der Waals surface area contributed by atoms with Crippen LogP contribution in [0.3, 0.4) is 0 Å². The molecule has 0 aromatic heterocycles. The monoisotopic (exact) mass is 250 g/mol. The van der Waals surface area contributed by atoms with E-state index < -0.39 is 0 Å². The molecule has 98 valence electrons. The number of nitrogens with two attached hydrogens (primary N) is 1. The number of hydrogen-bond donors (Lipinski definition) is 3. The number of rotatable bonds is 1. The lowest BCUT2D eigenvalue weighted by molar-refractivity contribution is -0.122. The number of fused-ring (bicyclic) bond motifs is 2. The fraction of sp³-hybridized carbons (Fsp3) is 0.583. The Kier molecular flexibility index (Phi) is 2.85. The smallest absolute Gasteiger partial charge is 0.234 e. The van der Waals surface area contributed by atoms with Crippen molar-refractivity contribution in [3.8, 4) is 0 Å². The number of ether oxygens (including phenoxy) is 1. The molecule has 3 aliphatic rings. The topological polar surface area (TPSA) is 79.6 Å². The van der Waals surface area contributed by atoms with E-state index in [1.165, 1.54) is 0 Å². The molecule has 4 N–H and O–H groups in total. The third-order valence-corrected chi connectivity index (χ3v) is 3.90. The Morgan fingerprint density at radius 3 is 2.89 bits per heavy atom. The molecular weight excluding hydrogens is 232 g/mol. The number of amides is 1. The van der Waals surface area contributed by atoms with E-state index in [2.05, 4.69) is 15.5 Å². The highest BCUT2D eigenvalue weighted by molar-refractivity contribution is 5.80. The van der Waals surface area contributed by atoms with Crippen LogP contribution in [0.5, 0.6) is 0 Å². The molecule has 6 heteroatoms. The van der Waals surface area contributed by atoms with Gasteiger partial charge in [0.05, 0.1) is 30.3 Å². The van der Waals surface area contributed by atoms with Crippen molar-refractivity contribution in [2.75, 3.05) is 19.6 Å². The first-order valence-electron chi connectivity index (χ1n) is 6.27. The summed E-state index contributed by atoms with van der Waals surface area (Å²) in [6.45, 7) is 2.76. The van der Waals surface area contributed by atoms with Crippen LogP contribution in [-0.4, -0.2) is 48.2 Å². The molecule has 1 amide bonds. The van der Waals surface area contributed by atoms with Crippen LogP contribution in [0.15, 0.2) is 24.7 Å². The van der Waals surface area contributed by atoms with Crippen molar-refractivity contribution in [2.24, 2.45) is 5.73 Å². The van der Waals surface area contributed by atoms with Crippen LogP contribution in [0.2, 0.25) is 0 Å². The maximum absolute atomic E-state index is 11.4. The summed E-state index contributed by atoms with van der Waals surface area (Å²) in [4.78, 5) is 13.7. The van der Waals surface area contributed by atoms with Gasteiger partial charge in [-0.2, -0.15) is 0 Å². The van der Waals surface area contributed by atoms with Crippen LogP contribution in [0, 0.1) is 0 Å². The number of carbonyl (C=O) groups is 1. The van der Waals surface area contributed by atoms with Crippen molar-refractivity contribution in [2.45, 2.75) is 24.2 Å². The molecule has 2 fully saturated rings. The molecule has 3 aliphatic heterocycles. The zero-order valence-corrected chi connectivity index (χ0v) is 10.1. The van der Waals surface area contributed by atoms with Crippen LogP contribution in [0.4, 0.5) is 0 Å². The number of carbonyl (C=O) groups excluding carboxylic acids is 1. The van der Waals surface area contributed by atoms with Crippen LogP contribution >= 0.6 is 0 Å². The molecule has 0 radical (unpaired) electrons. The van der Waals surface area contributed by atoms with Crippen molar-refractivity contribution < 1.29 is 9.53 Å². The van der Waals surface area contributed by atoms with E-state index in [9.17, 15) is 4.79 Å². The predicted octanol–water partition coefficient (Wildman–Crippen LogP) is -1.14. The second kappa shape index (κ2) is 4.38. The molecule has 6 nitrogen and oxygen atoms in total. The molecular formula is C12H18N4O2. The average molecular weight is 250 g/mol. The maximum Gasteiger partial charge on any atom is 0.234 e. The Balaban J connectivity index is 1.87. The summed E-state index contributed by atoms with van der Waals surface area (Å²) in [6, 6.07) is -0.257. The first-order chi connectivity index (χ1) is 8.71. The summed E-state index contributed by atoms with van der Waals surface area (Å²) in [7, 11) is 0. The maximum atomic E-state index is 11.4. The normalized spacial score (nSPS) is 34.0. The SMILES string of the molecule is NC(=O)C1CCN2CCNC3(C=COC=C3)C2N1. The fourth-order valence-electron chi connectivity index (χ4n) is 2.93. The summed E-state index contributed by atoms with van der Waals surface area (Å²) in [5.74, 6) is -0.282. The molecule has 0 aromatic carbocycles. The van der Waals surface area contributed by atoms with E-state index in [0.717, 1.165) is 26.1 Å². The van der Waals surface area contributed by atoms with Gasteiger partial charge >= 0.3 is 0 Å². The molecule has 2 unspecified atom stereocenters. The quantitative estimate of drug-likeness (QED) is 0.548. The number of hydrogen-bond acceptors (Lipinski definition) is 5. The number of nitrogens with one attached hydrogen (secondary N) is 2. The molecule has 2 atom stereocenters. The third-order valence-electron chi connectivity index (χ3n) is 3.90. The molecule has 3 heterocycles. The van der Waals surface area contributed by atoms with Gasteiger partial charge in [-0.15, -0.1) is 0 Å². The van der Waals surface area contributed by atoms with Crippen molar-refractivity contribution in [3.05, 3.63) is 24.7 Å². The molecule has 0 aromatic rings. The second-order valence-corrected chi connectivity index (χ2v) is 4.95. The van der Waals surface area contributed by atoms with Crippen LogP contribution in [0.1, 0.15) is 6.42 Å². The second-order valence-electron chi connectivity index (χ2n) is 4.95. The van der Waals surface area contributed by atoms with E-state index in [0.29, 0.717) is 0 Å². The van der Waals surface area contributed by atoms with Crippen molar-refractivity contribution >= 4 is 5.91 Å². The largest absolute Gasteiger partial charge is 0.473 e. The summed E-state index contributed by atoms with van der Waals surface area (Å²) in [5.41, 5.74) is 5.09. The van der Waals surface area contributed by atoms with Gasteiger partial charge in [0.15, 0.2) is 0 Å². The van der Waals surface area contributed by atoms with E-state index in [1.54, 1.807) is 12.5 Å². The molecule has 0 bridgehead atoms. The molecule has 2 saturated heterocycles. The summed E-state index contributed by atoms with van der Waals surface area (Å²) in [6.07, 6.45) is 8.12. The van der Waals surface area contributed by atoms with Crippen LogP contribution < -0.4 is 16.4 Å². The summed E-state index contributed by atoms with van der Waals surface area (Å²) >= 11 is 0. The van der Waals surface area contributed by atoms with Crippen molar-refractivity contribution in [3.63, 3.8) is 0 Å². The first kappa shape index (κ1) is 11.7. The average Bonchev–Trinajstić information content (AvgIpc) is 2.40. The zero-order chi connectivity index (χ0) is 12.6. The van der Waals surface area contributed by atoms with Gasteiger partial charge in [-0.1, -0.05) is 0 Å². The van der Waals surface area contributed by atoms with Gasteiger partial charge in [-0.25, -0.2) is 0 Å². The van der Waals surface area contributed by atoms with Crippen LogP contribution in [0.25, 0.3) is 0 Å². The van der Waals surface area contributed by atoms with E-state index in [-0.39, 0.29) is 23.7 Å². The number of primary amides is 1. The Bertz CT molecular complexity index is 395. The van der Waals surface area contributed by atoms with Gasteiger partial charge in [0.2, 0.25) is 5.91 Å². The van der Waals surface area contributed by atoms with Crippen LogP contribution in [-0.2, 0) is 9.53 Å². The molecule has 0 saturated carbocycles. The molecule has 1 spiro atoms. The minimum absolute atomic E-state index is 0.0360. The lowest BCUT2D eigenvalue weighted by atomic mass is 9.88. The highest BCUT2D eigenvalue weighted by Gasteiger charge is 2.45. The number of nitrogens with zero attached hydrogens (tertiary/aromatic N) is 1. The van der Waals surface area contributed by atoms with Gasteiger partial charge in [-0.05, 0) is 18.6 Å². The Morgan fingerprint density at radius 2 is 2.17 bits per heavy atom. The summed E-state index contributed by atoms with van der Waals surface area (Å²) in [5, 5.41) is 6.83. The van der Waals surface area contributed by atoms with Gasteiger partial charge in [0.1, 0.15) is 0 Å². The first-order valence-corrected chi connectivity index (χ1v) is 6.27. The van der Waals surface area contributed by atoms with E-state index >= 15 is 0 Å². The van der Waals surface area contributed by atoms with Gasteiger partial charge in [0, 0.05) is 19.6 Å². The van der Waals surface area contributed by atoms with Crippen molar-refractivity contribution in [1.82, 2.24) is 15.5 Å². The predicted molar refractivity (Wildman–Crippen MR) is 66.2 cm³/mol. The minimum Gasteiger partial charge on any atom is -0.473 e. The van der Waals surface area contributed by atoms with E-state index in [4.69, 9.17) is 10.5 Å². The Hall–Kier alpha value is -1.37. The lowest BCUT2D eigenvalue weighted by Crippen LogP contribution is -2.74. The molecule has 18 heavy (non-hydrogen) atoms. The Labute approximate surface area is 106 Å². The van der Waals surface area contributed by atoms with E-state index in [1.807, 2.05) is 12.2 Å². The molecule has 0 aliphatic carbocycles. The molecule has 3 rings (SSSR count). The van der Waals surface area contributed by atoms with Gasteiger partial charge in [0.25, 0.3) is 0 Å².